The second kappa shape index (κ2) is 7.94. The van der Waals surface area contributed by atoms with E-state index in [-0.39, 0.29) is 12.7 Å². The van der Waals surface area contributed by atoms with Crippen molar-refractivity contribution < 1.29 is 14.6 Å². The Morgan fingerprint density at radius 1 is 1.00 bits per heavy atom. The molecular formula is C20H24N6O3. The van der Waals surface area contributed by atoms with Gasteiger partial charge in [0.2, 0.25) is 5.95 Å². The van der Waals surface area contributed by atoms with E-state index in [9.17, 15) is 5.11 Å². The first kappa shape index (κ1) is 18.3. The van der Waals surface area contributed by atoms with E-state index < -0.39 is 0 Å². The lowest BCUT2D eigenvalue weighted by molar-refractivity contribution is 0.00336. The van der Waals surface area contributed by atoms with Gasteiger partial charge in [-0.25, -0.2) is 4.98 Å². The summed E-state index contributed by atoms with van der Waals surface area (Å²) in [5.41, 5.74) is 1.87. The summed E-state index contributed by atoms with van der Waals surface area (Å²) in [4.78, 5) is 18.6. The Kier molecular flexibility index (Phi) is 5.01. The van der Waals surface area contributed by atoms with E-state index in [1.165, 1.54) is 0 Å². The fraction of sp³-hybridized carbons (Fsp3) is 0.450. The van der Waals surface area contributed by atoms with Crippen LogP contribution >= 0.6 is 0 Å². The fourth-order valence-corrected chi connectivity index (χ4v) is 3.79. The highest BCUT2D eigenvalue weighted by Gasteiger charge is 2.24. The van der Waals surface area contributed by atoms with Crippen LogP contribution in [0.1, 0.15) is 0 Å². The van der Waals surface area contributed by atoms with Crippen LogP contribution in [0, 0.1) is 0 Å². The third-order valence-electron chi connectivity index (χ3n) is 5.36. The lowest BCUT2D eigenvalue weighted by Gasteiger charge is -2.34. The molecule has 1 unspecified atom stereocenters. The van der Waals surface area contributed by atoms with Gasteiger partial charge in [0, 0.05) is 32.2 Å². The van der Waals surface area contributed by atoms with Gasteiger partial charge in [0.25, 0.3) is 0 Å². The predicted octanol–water partition coefficient (Wildman–Crippen LogP) is 0.850. The Labute approximate surface area is 168 Å². The van der Waals surface area contributed by atoms with Crippen molar-refractivity contribution in [2.45, 2.75) is 6.10 Å². The molecule has 152 valence electrons. The summed E-state index contributed by atoms with van der Waals surface area (Å²) in [5, 5.41) is 9.52. The average Bonchev–Trinajstić information content (AvgIpc) is 3.24. The molecule has 2 aromatic heterocycles. The van der Waals surface area contributed by atoms with E-state index in [2.05, 4.69) is 14.8 Å². The number of imidazole rings is 1. The molecule has 1 aromatic carbocycles. The average molecular weight is 396 g/mol. The second-order valence-electron chi connectivity index (χ2n) is 7.21. The molecule has 0 aliphatic carbocycles. The minimum atomic E-state index is -0.205. The van der Waals surface area contributed by atoms with Gasteiger partial charge in [0.15, 0.2) is 0 Å². The zero-order valence-electron chi connectivity index (χ0n) is 16.1. The first-order valence-corrected chi connectivity index (χ1v) is 9.93. The molecule has 1 N–H and O–H groups in total. The Morgan fingerprint density at radius 2 is 1.76 bits per heavy atom. The van der Waals surface area contributed by atoms with Crippen LogP contribution in [0.15, 0.2) is 36.7 Å². The lowest BCUT2D eigenvalue weighted by Crippen LogP contribution is -2.44. The Morgan fingerprint density at radius 3 is 2.59 bits per heavy atom. The normalized spacial score (nSPS) is 20.4. The predicted molar refractivity (Wildman–Crippen MR) is 109 cm³/mol. The van der Waals surface area contributed by atoms with Crippen LogP contribution in [0.5, 0.6) is 0 Å². The molecule has 0 amide bonds. The van der Waals surface area contributed by atoms with Crippen molar-refractivity contribution in [1.82, 2.24) is 19.5 Å². The van der Waals surface area contributed by atoms with Crippen LogP contribution in [0.4, 0.5) is 11.6 Å². The molecule has 4 heterocycles. The summed E-state index contributed by atoms with van der Waals surface area (Å²) in [6, 6.07) is 9.98. The minimum absolute atomic E-state index is 0.00306. The third-order valence-corrected chi connectivity index (χ3v) is 5.36. The van der Waals surface area contributed by atoms with Crippen LogP contribution < -0.4 is 9.80 Å². The molecule has 2 saturated heterocycles. The maximum absolute atomic E-state index is 9.52. The summed E-state index contributed by atoms with van der Waals surface area (Å²) < 4.78 is 13.0. The highest BCUT2D eigenvalue weighted by Crippen LogP contribution is 2.25. The van der Waals surface area contributed by atoms with E-state index in [0.29, 0.717) is 32.3 Å². The number of aliphatic hydroxyl groups excluding tert-OH is 1. The lowest BCUT2D eigenvalue weighted by atomic mass is 10.2. The van der Waals surface area contributed by atoms with Crippen molar-refractivity contribution in [1.29, 1.82) is 0 Å². The van der Waals surface area contributed by atoms with Crippen LogP contribution in [-0.4, -0.2) is 83.3 Å². The fourth-order valence-electron chi connectivity index (χ4n) is 3.79. The van der Waals surface area contributed by atoms with E-state index in [4.69, 9.17) is 19.4 Å². The Balaban J connectivity index is 1.58. The second-order valence-corrected chi connectivity index (χ2v) is 7.21. The van der Waals surface area contributed by atoms with Crippen LogP contribution in [0.2, 0.25) is 0 Å². The highest BCUT2D eigenvalue weighted by atomic mass is 16.5. The summed E-state index contributed by atoms with van der Waals surface area (Å²) in [7, 11) is 0. The molecule has 2 fully saturated rings. The number of morpholine rings is 2. The quantitative estimate of drug-likeness (QED) is 0.694. The SMILES string of the molecule is OCC1CN(c2cc(N3CCOCC3)nc(-n3cnc4ccccc43)n2)CCO1. The molecule has 0 saturated carbocycles. The van der Waals surface area contributed by atoms with Gasteiger partial charge in [-0.05, 0) is 12.1 Å². The summed E-state index contributed by atoms with van der Waals surface area (Å²) >= 11 is 0. The molecule has 2 aliphatic heterocycles. The zero-order valence-corrected chi connectivity index (χ0v) is 16.1. The van der Waals surface area contributed by atoms with Gasteiger partial charge in [0.05, 0.1) is 43.6 Å². The standard InChI is InChI=1S/C20H24N6O3/c27-13-15-12-25(7-10-29-15)19-11-18(24-5-8-28-9-6-24)22-20(23-19)26-14-21-16-3-1-2-4-17(16)26/h1-4,11,14-15,27H,5-10,12-13H2. The monoisotopic (exact) mass is 396 g/mol. The van der Waals surface area contributed by atoms with E-state index >= 15 is 0 Å². The van der Waals surface area contributed by atoms with Crippen LogP contribution in [0.25, 0.3) is 17.0 Å². The minimum Gasteiger partial charge on any atom is -0.394 e. The number of para-hydroxylation sites is 2. The molecule has 29 heavy (non-hydrogen) atoms. The zero-order chi connectivity index (χ0) is 19.6. The van der Waals surface area contributed by atoms with Gasteiger partial charge >= 0.3 is 0 Å². The molecule has 9 heteroatoms. The third kappa shape index (κ3) is 3.64. The molecule has 0 bridgehead atoms. The van der Waals surface area contributed by atoms with Gasteiger partial charge in [-0.1, -0.05) is 12.1 Å². The summed E-state index contributed by atoms with van der Waals surface area (Å²) in [6.45, 7) is 4.84. The number of fused-ring (bicyclic) bond motifs is 1. The van der Waals surface area contributed by atoms with Crippen molar-refractivity contribution in [2.75, 3.05) is 62.4 Å². The van der Waals surface area contributed by atoms with Gasteiger partial charge in [-0.2, -0.15) is 9.97 Å². The molecule has 0 spiro atoms. The Bertz CT molecular complexity index is 987. The number of aliphatic hydroxyl groups is 1. The van der Waals surface area contributed by atoms with Gasteiger partial charge in [-0.3, -0.25) is 4.57 Å². The van der Waals surface area contributed by atoms with Crippen molar-refractivity contribution in [3.8, 4) is 5.95 Å². The molecule has 1 atom stereocenters. The molecular weight excluding hydrogens is 372 g/mol. The van der Waals surface area contributed by atoms with Crippen molar-refractivity contribution in [3.63, 3.8) is 0 Å². The number of aromatic nitrogens is 4. The number of anilines is 2. The summed E-state index contributed by atoms with van der Waals surface area (Å²) in [5.74, 6) is 2.29. The maximum atomic E-state index is 9.52. The smallest absolute Gasteiger partial charge is 0.239 e. The Hall–Kier alpha value is -2.75. The maximum Gasteiger partial charge on any atom is 0.239 e. The van der Waals surface area contributed by atoms with E-state index in [1.807, 2.05) is 34.9 Å². The number of hydrogen-bond donors (Lipinski definition) is 1. The largest absolute Gasteiger partial charge is 0.394 e. The molecule has 2 aliphatic rings. The number of hydrogen-bond acceptors (Lipinski definition) is 8. The van der Waals surface area contributed by atoms with Crippen LogP contribution in [0.3, 0.4) is 0 Å². The van der Waals surface area contributed by atoms with Gasteiger partial charge in [0.1, 0.15) is 18.0 Å². The van der Waals surface area contributed by atoms with Crippen molar-refractivity contribution >= 4 is 22.7 Å². The molecule has 0 radical (unpaired) electrons. The number of ether oxygens (including phenoxy) is 2. The van der Waals surface area contributed by atoms with Crippen molar-refractivity contribution in [3.05, 3.63) is 36.7 Å². The molecule has 3 aromatic rings. The van der Waals surface area contributed by atoms with Crippen molar-refractivity contribution in [2.24, 2.45) is 0 Å². The molecule has 9 nitrogen and oxygen atoms in total. The first-order valence-electron chi connectivity index (χ1n) is 9.93. The van der Waals surface area contributed by atoms with Gasteiger partial charge < -0.3 is 24.4 Å². The number of nitrogens with zero attached hydrogens (tertiary/aromatic N) is 6. The van der Waals surface area contributed by atoms with Gasteiger partial charge in [-0.15, -0.1) is 0 Å². The van der Waals surface area contributed by atoms with E-state index in [1.54, 1.807) is 6.33 Å². The first-order chi connectivity index (χ1) is 14.3. The van der Waals surface area contributed by atoms with Crippen LogP contribution in [-0.2, 0) is 9.47 Å². The highest BCUT2D eigenvalue weighted by molar-refractivity contribution is 5.76. The number of benzene rings is 1. The number of rotatable bonds is 4. The molecule has 5 rings (SSSR count). The van der Waals surface area contributed by atoms with E-state index in [0.717, 1.165) is 42.3 Å². The topological polar surface area (TPSA) is 88.8 Å². The summed E-state index contributed by atoms with van der Waals surface area (Å²) in [6.07, 6.45) is 1.56.